The van der Waals surface area contributed by atoms with Crippen molar-refractivity contribution in [3.8, 4) is 0 Å². The Balaban J connectivity index is 2.07. The number of hydrogen-bond donors (Lipinski definition) is 2. The van der Waals surface area contributed by atoms with Crippen LogP contribution in [0.2, 0.25) is 0 Å². The van der Waals surface area contributed by atoms with Gasteiger partial charge in [0.05, 0.1) is 24.9 Å². The Hall–Kier alpha value is -1.99. The Morgan fingerprint density at radius 1 is 1.35 bits per heavy atom. The van der Waals surface area contributed by atoms with Crippen molar-refractivity contribution in [1.29, 1.82) is 0 Å². The lowest BCUT2D eigenvalue weighted by atomic mass is 10.1. The maximum atomic E-state index is 11.4. The summed E-state index contributed by atoms with van der Waals surface area (Å²) in [5.74, 6) is 0.175. The average Bonchev–Trinajstić information content (AvgIpc) is 2.46. The molecule has 1 saturated heterocycles. The summed E-state index contributed by atoms with van der Waals surface area (Å²) in [7, 11) is 0. The van der Waals surface area contributed by atoms with Crippen molar-refractivity contribution in [3.63, 3.8) is 0 Å². The van der Waals surface area contributed by atoms with Crippen molar-refractivity contribution in [3.05, 3.63) is 28.2 Å². The minimum absolute atomic E-state index is 0.0950. The normalized spacial score (nSPS) is 18.2. The van der Waals surface area contributed by atoms with E-state index in [2.05, 4.69) is 26.8 Å². The third-order valence-electron chi connectivity index (χ3n) is 3.62. The molecule has 0 aromatic carbocycles. The molecule has 0 aliphatic carbocycles. The van der Waals surface area contributed by atoms with Crippen LogP contribution in [-0.4, -0.2) is 46.2 Å². The van der Waals surface area contributed by atoms with Crippen molar-refractivity contribution >= 4 is 17.0 Å². The molecule has 2 aromatic rings. The van der Waals surface area contributed by atoms with Gasteiger partial charge >= 0.3 is 0 Å². The molecule has 3 heterocycles. The predicted molar refractivity (Wildman–Crippen MR) is 75.4 cm³/mol. The molecule has 0 amide bonds. The molecule has 3 rings (SSSR count). The number of pyridine rings is 1. The van der Waals surface area contributed by atoms with Gasteiger partial charge in [-0.25, -0.2) is 4.98 Å². The maximum absolute atomic E-state index is 11.4. The lowest BCUT2D eigenvalue weighted by molar-refractivity contribution is 0.0194. The molecule has 0 spiro atoms. The van der Waals surface area contributed by atoms with E-state index in [0.29, 0.717) is 5.65 Å². The topological polar surface area (TPSA) is 97.1 Å². The lowest BCUT2D eigenvalue weighted by Gasteiger charge is -2.32. The van der Waals surface area contributed by atoms with Gasteiger partial charge in [-0.2, -0.15) is 4.98 Å². The van der Waals surface area contributed by atoms with Crippen molar-refractivity contribution in [2.24, 2.45) is 0 Å². The SMILES string of the molecule is CC(c1nc(N)nc2[nH]c(=O)ccc12)N1CCOCC1. The molecule has 106 valence electrons. The molecule has 3 N–H and O–H groups in total. The van der Waals surface area contributed by atoms with Gasteiger partial charge < -0.3 is 15.5 Å². The molecule has 1 atom stereocenters. The predicted octanol–water partition coefficient (Wildman–Crippen LogP) is 0.293. The lowest BCUT2D eigenvalue weighted by Crippen LogP contribution is -2.38. The molecule has 0 radical (unpaired) electrons. The zero-order valence-corrected chi connectivity index (χ0v) is 11.3. The van der Waals surface area contributed by atoms with Gasteiger partial charge in [0.15, 0.2) is 0 Å². The number of fused-ring (bicyclic) bond motifs is 1. The van der Waals surface area contributed by atoms with Crippen LogP contribution < -0.4 is 11.3 Å². The number of rotatable bonds is 2. The van der Waals surface area contributed by atoms with Gasteiger partial charge in [0, 0.05) is 24.5 Å². The van der Waals surface area contributed by atoms with E-state index in [-0.39, 0.29) is 17.5 Å². The molecule has 0 bridgehead atoms. The number of aromatic amines is 1. The van der Waals surface area contributed by atoms with Crippen LogP contribution in [0.4, 0.5) is 5.95 Å². The van der Waals surface area contributed by atoms with Gasteiger partial charge in [0.1, 0.15) is 5.65 Å². The standard InChI is InChI=1S/C13H17N5O2/c1-8(18-4-6-20-7-5-18)11-9-2-3-10(19)15-12(9)17-13(14)16-11/h2-3,8H,4-7H2,1H3,(H3,14,15,16,17,19). The summed E-state index contributed by atoms with van der Waals surface area (Å²) in [6.45, 7) is 5.24. The maximum Gasteiger partial charge on any atom is 0.249 e. The van der Waals surface area contributed by atoms with E-state index in [1.807, 2.05) is 0 Å². The Labute approximate surface area is 115 Å². The summed E-state index contributed by atoms with van der Waals surface area (Å²) in [6, 6.07) is 3.33. The summed E-state index contributed by atoms with van der Waals surface area (Å²) in [5.41, 5.74) is 6.89. The Morgan fingerprint density at radius 2 is 2.10 bits per heavy atom. The van der Waals surface area contributed by atoms with E-state index in [1.165, 1.54) is 6.07 Å². The van der Waals surface area contributed by atoms with Crippen LogP contribution >= 0.6 is 0 Å². The first-order chi connectivity index (χ1) is 9.65. The number of hydrogen-bond acceptors (Lipinski definition) is 6. The fraction of sp³-hybridized carbons (Fsp3) is 0.462. The fourth-order valence-electron chi connectivity index (χ4n) is 2.54. The monoisotopic (exact) mass is 275 g/mol. The van der Waals surface area contributed by atoms with Crippen LogP contribution in [0.1, 0.15) is 18.7 Å². The van der Waals surface area contributed by atoms with Crippen LogP contribution in [0.15, 0.2) is 16.9 Å². The third kappa shape index (κ3) is 2.37. The molecule has 7 nitrogen and oxygen atoms in total. The average molecular weight is 275 g/mol. The summed E-state index contributed by atoms with van der Waals surface area (Å²) < 4.78 is 5.37. The molecular formula is C13H17N5O2. The number of morpholine rings is 1. The highest BCUT2D eigenvalue weighted by atomic mass is 16.5. The van der Waals surface area contributed by atoms with E-state index < -0.39 is 0 Å². The number of nitrogen functional groups attached to an aromatic ring is 1. The smallest absolute Gasteiger partial charge is 0.249 e. The van der Waals surface area contributed by atoms with Crippen LogP contribution in [0.5, 0.6) is 0 Å². The second-order valence-corrected chi connectivity index (χ2v) is 4.88. The molecule has 1 aliphatic heterocycles. The fourth-order valence-corrected chi connectivity index (χ4v) is 2.54. The number of nitrogens with two attached hydrogens (primary N) is 1. The first-order valence-corrected chi connectivity index (χ1v) is 6.63. The van der Waals surface area contributed by atoms with Crippen molar-refractivity contribution in [1.82, 2.24) is 19.9 Å². The number of anilines is 1. The summed E-state index contributed by atoms with van der Waals surface area (Å²) in [6.07, 6.45) is 0. The Kier molecular flexibility index (Phi) is 3.37. The first-order valence-electron chi connectivity index (χ1n) is 6.63. The van der Waals surface area contributed by atoms with E-state index in [4.69, 9.17) is 10.5 Å². The second kappa shape index (κ2) is 5.18. The molecule has 2 aromatic heterocycles. The summed E-state index contributed by atoms with van der Waals surface area (Å²) in [4.78, 5) is 24.8. The number of ether oxygens (including phenoxy) is 1. The number of H-pyrrole nitrogens is 1. The van der Waals surface area contributed by atoms with Gasteiger partial charge in [0.2, 0.25) is 11.5 Å². The Bertz CT molecular complexity index is 678. The van der Waals surface area contributed by atoms with Crippen LogP contribution in [0.3, 0.4) is 0 Å². The minimum Gasteiger partial charge on any atom is -0.379 e. The molecule has 7 heteroatoms. The molecule has 0 saturated carbocycles. The van der Waals surface area contributed by atoms with Gasteiger partial charge in [0.25, 0.3) is 0 Å². The van der Waals surface area contributed by atoms with Crippen LogP contribution in [-0.2, 0) is 4.74 Å². The molecule has 20 heavy (non-hydrogen) atoms. The molecule has 1 fully saturated rings. The summed E-state index contributed by atoms with van der Waals surface area (Å²) >= 11 is 0. The third-order valence-corrected chi connectivity index (χ3v) is 3.62. The largest absolute Gasteiger partial charge is 0.379 e. The van der Waals surface area contributed by atoms with Crippen molar-refractivity contribution in [2.75, 3.05) is 32.0 Å². The van der Waals surface area contributed by atoms with Gasteiger partial charge in [-0.1, -0.05) is 0 Å². The van der Waals surface area contributed by atoms with Gasteiger partial charge in [-0.15, -0.1) is 0 Å². The van der Waals surface area contributed by atoms with Gasteiger partial charge in [-0.3, -0.25) is 9.69 Å². The van der Waals surface area contributed by atoms with Crippen LogP contribution in [0, 0.1) is 0 Å². The van der Waals surface area contributed by atoms with E-state index in [9.17, 15) is 4.79 Å². The zero-order valence-electron chi connectivity index (χ0n) is 11.3. The van der Waals surface area contributed by atoms with E-state index in [1.54, 1.807) is 6.07 Å². The number of aromatic nitrogens is 3. The molecular weight excluding hydrogens is 258 g/mol. The molecule has 1 unspecified atom stereocenters. The Morgan fingerprint density at radius 3 is 2.85 bits per heavy atom. The number of nitrogens with one attached hydrogen (secondary N) is 1. The first kappa shape index (κ1) is 13.0. The zero-order chi connectivity index (χ0) is 14.1. The second-order valence-electron chi connectivity index (χ2n) is 4.88. The minimum atomic E-state index is -0.194. The number of nitrogens with zero attached hydrogens (tertiary/aromatic N) is 3. The van der Waals surface area contributed by atoms with Gasteiger partial charge in [-0.05, 0) is 13.0 Å². The van der Waals surface area contributed by atoms with E-state index in [0.717, 1.165) is 37.4 Å². The highest BCUT2D eigenvalue weighted by Gasteiger charge is 2.22. The quantitative estimate of drug-likeness (QED) is 0.818. The molecule has 1 aliphatic rings. The highest BCUT2D eigenvalue weighted by molar-refractivity contribution is 5.78. The van der Waals surface area contributed by atoms with Crippen molar-refractivity contribution < 1.29 is 4.74 Å². The van der Waals surface area contributed by atoms with Crippen LogP contribution in [0.25, 0.3) is 11.0 Å². The van der Waals surface area contributed by atoms with Crippen molar-refractivity contribution in [2.45, 2.75) is 13.0 Å². The highest BCUT2D eigenvalue weighted by Crippen LogP contribution is 2.25. The van der Waals surface area contributed by atoms with E-state index >= 15 is 0 Å². The summed E-state index contributed by atoms with van der Waals surface area (Å²) in [5, 5.41) is 0.831.